The molecular formula is C31H33F3N6O5S. The lowest BCUT2D eigenvalue weighted by molar-refractivity contribution is -0.200. The van der Waals surface area contributed by atoms with Crippen LogP contribution in [0.2, 0.25) is 0 Å². The largest absolute Gasteiger partial charge is 0.494 e. The quantitative estimate of drug-likeness (QED) is 0.250. The molecule has 0 radical (unpaired) electrons. The van der Waals surface area contributed by atoms with Gasteiger partial charge in [0, 0.05) is 60.7 Å². The van der Waals surface area contributed by atoms with Crippen LogP contribution >= 0.6 is 0 Å². The monoisotopic (exact) mass is 658 g/mol. The van der Waals surface area contributed by atoms with Crippen LogP contribution in [0.15, 0.2) is 65.7 Å². The van der Waals surface area contributed by atoms with Gasteiger partial charge in [0.15, 0.2) is 0 Å². The molecule has 4 aromatic rings. The molecule has 0 N–H and O–H groups in total. The molecule has 2 aliphatic heterocycles. The Hall–Kier alpha value is -4.21. The van der Waals surface area contributed by atoms with Crippen molar-refractivity contribution in [2.24, 2.45) is 0 Å². The van der Waals surface area contributed by atoms with Crippen molar-refractivity contribution in [1.29, 1.82) is 0 Å². The smallest absolute Gasteiger partial charge is 0.493 e. The van der Waals surface area contributed by atoms with E-state index in [4.69, 9.17) is 14.3 Å². The molecule has 2 aromatic carbocycles. The van der Waals surface area contributed by atoms with Crippen molar-refractivity contribution >= 4 is 39.6 Å². The van der Waals surface area contributed by atoms with Crippen molar-refractivity contribution < 1.29 is 36.5 Å². The van der Waals surface area contributed by atoms with Crippen LogP contribution in [0.4, 0.5) is 30.5 Å². The molecule has 46 heavy (non-hydrogen) atoms. The summed E-state index contributed by atoms with van der Waals surface area (Å²) in [6.45, 7) is 4.90. The van der Waals surface area contributed by atoms with Crippen LogP contribution in [-0.4, -0.2) is 94.7 Å². The fourth-order valence-electron chi connectivity index (χ4n) is 5.91. The number of morpholine rings is 1. The molecule has 0 spiro atoms. The number of alkyl halides is 3. The number of benzene rings is 2. The Bertz CT molecular complexity index is 1740. The number of anilines is 3. The number of hydrogen-bond acceptors (Lipinski definition) is 10. The summed E-state index contributed by atoms with van der Waals surface area (Å²) in [5.74, 6) is -2.65. The highest BCUT2D eigenvalue weighted by atomic mass is 32.2. The molecule has 6 rings (SSSR count). The van der Waals surface area contributed by atoms with Crippen molar-refractivity contribution in [2.45, 2.75) is 30.0 Å². The van der Waals surface area contributed by atoms with Gasteiger partial charge in [0.05, 0.1) is 48.5 Å². The zero-order chi connectivity index (χ0) is 32.4. The van der Waals surface area contributed by atoms with Crippen molar-refractivity contribution in [3.05, 3.63) is 60.8 Å². The van der Waals surface area contributed by atoms with E-state index in [-0.39, 0.29) is 17.4 Å². The van der Waals surface area contributed by atoms with Crippen molar-refractivity contribution in [3.63, 3.8) is 0 Å². The van der Waals surface area contributed by atoms with E-state index in [1.807, 2.05) is 0 Å². The van der Waals surface area contributed by atoms with Crippen LogP contribution in [0.3, 0.4) is 0 Å². The van der Waals surface area contributed by atoms with Crippen LogP contribution in [0, 0.1) is 0 Å². The molecule has 0 aliphatic carbocycles. The molecular weight excluding hydrogens is 625 g/mol. The van der Waals surface area contributed by atoms with E-state index in [9.17, 15) is 22.2 Å². The van der Waals surface area contributed by atoms with E-state index >= 15 is 0 Å². The Morgan fingerprint density at radius 2 is 1.78 bits per heavy atom. The molecule has 1 unspecified atom stereocenters. The third-order valence-electron chi connectivity index (χ3n) is 8.22. The van der Waals surface area contributed by atoms with Gasteiger partial charge in [0.25, 0.3) is 5.95 Å². The summed E-state index contributed by atoms with van der Waals surface area (Å²) in [6.07, 6.45) is -0.424. The SMILES string of the molecule is COc1cc(N2CCC(N3CCOCC3)CC2)ccc1N(OC(=O)C(F)(F)F)c1ncc2ccc(-c3ccccc3S(C)=O)n2n1. The summed E-state index contributed by atoms with van der Waals surface area (Å²) in [5.41, 5.74) is 2.47. The van der Waals surface area contributed by atoms with Gasteiger partial charge < -0.3 is 19.2 Å². The summed E-state index contributed by atoms with van der Waals surface area (Å²) < 4.78 is 65.4. The Balaban J connectivity index is 1.34. The van der Waals surface area contributed by atoms with Gasteiger partial charge in [-0.05, 0) is 43.2 Å². The molecule has 0 saturated carbocycles. The normalized spacial score (nSPS) is 17.2. The summed E-state index contributed by atoms with van der Waals surface area (Å²) in [7, 11) is 0.0502. The summed E-state index contributed by atoms with van der Waals surface area (Å²) in [6, 6.07) is 15.9. The minimum atomic E-state index is -5.29. The number of carbonyl (C=O) groups excluding carboxylic acids is 1. The average Bonchev–Trinajstić information content (AvgIpc) is 3.50. The minimum absolute atomic E-state index is 0.00447. The van der Waals surface area contributed by atoms with Gasteiger partial charge >= 0.3 is 12.1 Å². The number of aromatic nitrogens is 3. The van der Waals surface area contributed by atoms with Crippen LogP contribution in [0.25, 0.3) is 16.8 Å². The predicted octanol–water partition coefficient (Wildman–Crippen LogP) is 4.60. The first kappa shape index (κ1) is 31.8. The first-order valence-corrected chi connectivity index (χ1v) is 16.3. The standard InChI is InChI=1S/C31H33F3N6O5S/c1-43-27-19-22(37-13-11-21(12-14-37)38-15-17-44-18-16-38)7-10-26(27)40(45-29(41)31(32,33)34)30-35-20-23-8-9-25(39(23)36-30)24-5-3-4-6-28(24)46(2)42/h3-10,19-21H,11-18H2,1-2H3. The van der Waals surface area contributed by atoms with Gasteiger partial charge in [0.2, 0.25) is 0 Å². The average molecular weight is 659 g/mol. The summed E-state index contributed by atoms with van der Waals surface area (Å²) in [4.78, 5) is 26.5. The molecule has 11 nitrogen and oxygen atoms in total. The summed E-state index contributed by atoms with van der Waals surface area (Å²) >= 11 is 0. The maximum Gasteiger partial charge on any atom is 0.493 e. The molecule has 0 amide bonds. The number of hydrogen-bond donors (Lipinski definition) is 0. The molecule has 15 heteroatoms. The fraction of sp³-hybridized carbons (Fsp3) is 0.387. The Kier molecular flexibility index (Phi) is 9.15. The second kappa shape index (κ2) is 13.3. The van der Waals surface area contributed by atoms with Crippen molar-refractivity contribution in [2.75, 3.05) is 62.7 Å². The van der Waals surface area contributed by atoms with E-state index in [2.05, 4.69) is 19.9 Å². The highest BCUT2D eigenvalue weighted by Crippen LogP contribution is 2.38. The Morgan fingerprint density at radius 3 is 2.48 bits per heavy atom. The molecule has 2 aromatic heterocycles. The minimum Gasteiger partial charge on any atom is -0.494 e. The Labute approximate surface area is 265 Å². The number of nitrogens with zero attached hydrogens (tertiary/aromatic N) is 6. The second-order valence-electron chi connectivity index (χ2n) is 11.0. The lowest BCUT2D eigenvalue weighted by atomic mass is 10.0. The summed E-state index contributed by atoms with van der Waals surface area (Å²) in [5, 5.41) is 5.09. The van der Waals surface area contributed by atoms with Gasteiger partial charge in [-0.25, -0.2) is 14.3 Å². The number of halogens is 3. The third-order valence-corrected chi connectivity index (χ3v) is 9.20. The van der Waals surface area contributed by atoms with Gasteiger partial charge in [-0.2, -0.15) is 13.2 Å². The van der Waals surface area contributed by atoms with E-state index in [0.717, 1.165) is 57.9 Å². The number of methoxy groups -OCH3 is 1. The van der Waals surface area contributed by atoms with Gasteiger partial charge in [-0.15, -0.1) is 10.2 Å². The molecule has 4 heterocycles. The van der Waals surface area contributed by atoms with E-state index < -0.39 is 22.9 Å². The van der Waals surface area contributed by atoms with Crippen molar-refractivity contribution in [3.8, 4) is 17.0 Å². The van der Waals surface area contributed by atoms with E-state index in [1.54, 1.807) is 54.8 Å². The van der Waals surface area contributed by atoms with E-state index in [0.29, 0.717) is 32.8 Å². The van der Waals surface area contributed by atoms with Gasteiger partial charge in [-0.3, -0.25) is 9.11 Å². The van der Waals surface area contributed by atoms with Crippen LogP contribution in [0.5, 0.6) is 5.75 Å². The number of fused-ring (bicyclic) bond motifs is 1. The third kappa shape index (κ3) is 6.52. The van der Waals surface area contributed by atoms with Gasteiger partial charge in [-0.1, -0.05) is 18.2 Å². The molecule has 1 atom stereocenters. The topological polar surface area (TPSA) is 102 Å². The first-order valence-electron chi connectivity index (χ1n) is 14.8. The zero-order valence-electron chi connectivity index (χ0n) is 25.3. The highest BCUT2D eigenvalue weighted by molar-refractivity contribution is 7.84. The predicted molar refractivity (Wildman–Crippen MR) is 166 cm³/mol. The van der Waals surface area contributed by atoms with Crippen LogP contribution < -0.4 is 14.7 Å². The molecule has 2 aliphatic rings. The maximum absolute atomic E-state index is 13.5. The lowest BCUT2D eigenvalue weighted by Crippen LogP contribution is -2.49. The number of carbonyl (C=O) groups is 1. The van der Waals surface area contributed by atoms with E-state index in [1.165, 1.54) is 23.9 Å². The highest BCUT2D eigenvalue weighted by Gasteiger charge is 2.44. The number of rotatable bonds is 8. The number of ether oxygens (including phenoxy) is 2. The van der Waals surface area contributed by atoms with Crippen LogP contribution in [-0.2, 0) is 25.2 Å². The van der Waals surface area contributed by atoms with Crippen LogP contribution in [0.1, 0.15) is 12.8 Å². The first-order chi connectivity index (χ1) is 22.1. The fourth-order valence-corrected chi connectivity index (χ4v) is 6.67. The maximum atomic E-state index is 13.5. The van der Waals surface area contributed by atoms with Gasteiger partial charge in [0.1, 0.15) is 11.4 Å². The molecule has 244 valence electrons. The zero-order valence-corrected chi connectivity index (χ0v) is 26.1. The lowest BCUT2D eigenvalue weighted by Gasteiger charge is -2.41. The Morgan fingerprint density at radius 1 is 1.04 bits per heavy atom. The number of piperidine rings is 1. The second-order valence-corrected chi connectivity index (χ2v) is 12.3. The molecule has 2 saturated heterocycles. The molecule has 0 bridgehead atoms. The molecule has 2 fully saturated rings. The van der Waals surface area contributed by atoms with Crippen molar-refractivity contribution in [1.82, 2.24) is 19.5 Å².